The summed E-state index contributed by atoms with van der Waals surface area (Å²) >= 11 is 1.57. The van der Waals surface area contributed by atoms with Crippen molar-refractivity contribution in [1.82, 2.24) is 20.2 Å². The molecular formula is C29H37N5O6S. The van der Waals surface area contributed by atoms with Gasteiger partial charge in [-0.25, -0.2) is 5.48 Å². The lowest BCUT2D eigenvalue weighted by Gasteiger charge is -2.36. The second-order valence-corrected chi connectivity index (χ2v) is 11.0. The largest absolute Gasteiger partial charge is 0.392 e. The number of aromatic nitrogens is 3. The van der Waals surface area contributed by atoms with Crippen molar-refractivity contribution in [2.75, 3.05) is 11.1 Å². The number of aliphatic hydroxyl groups is 1. The van der Waals surface area contributed by atoms with Gasteiger partial charge in [0.1, 0.15) is 6.33 Å². The van der Waals surface area contributed by atoms with Gasteiger partial charge in [0.2, 0.25) is 11.8 Å². The molecule has 0 saturated carbocycles. The second kappa shape index (κ2) is 15.6. The number of amides is 2. The number of unbranched alkanes of at least 4 members (excludes halogenated alkanes) is 3. The zero-order valence-corrected chi connectivity index (χ0v) is 23.9. The van der Waals surface area contributed by atoms with Crippen molar-refractivity contribution < 1.29 is 29.4 Å². The molecule has 41 heavy (non-hydrogen) atoms. The van der Waals surface area contributed by atoms with E-state index in [1.54, 1.807) is 23.6 Å². The molecule has 11 nitrogen and oxygen atoms in total. The van der Waals surface area contributed by atoms with Gasteiger partial charge in [-0.1, -0.05) is 61.0 Å². The van der Waals surface area contributed by atoms with Gasteiger partial charge < -0.3 is 24.5 Å². The predicted molar refractivity (Wildman–Crippen MR) is 153 cm³/mol. The highest BCUT2D eigenvalue weighted by molar-refractivity contribution is 7.99. The minimum atomic E-state index is -0.635. The van der Waals surface area contributed by atoms with Crippen molar-refractivity contribution >= 4 is 29.3 Å². The van der Waals surface area contributed by atoms with E-state index >= 15 is 0 Å². The van der Waals surface area contributed by atoms with Crippen molar-refractivity contribution in [3.8, 4) is 0 Å². The molecule has 0 unspecified atom stereocenters. The van der Waals surface area contributed by atoms with E-state index in [-0.39, 0.29) is 31.1 Å². The molecule has 1 aromatic heterocycles. The van der Waals surface area contributed by atoms with Crippen LogP contribution in [0.4, 0.5) is 5.69 Å². The van der Waals surface area contributed by atoms with Crippen LogP contribution < -0.4 is 10.8 Å². The predicted octanol–water partition coefficient (Wildman–Crippen LogP) is 4.43. The van der Waals surface area contributed by atoms with Gasteiger partial charge in [0.15, 0.2) is 11.4 Å². The van der Waals surface area contributed by atoms with Crippen LogP contribution >= 0.6 is 11.8 Å². The molecule has 2 amide bonds. The number of ether oxygens (including phenoxy) is 2. The van der Waals surface area contributed by atoms with Crippen molar-refractivity contribution in [3.63, 3.8) is 0 Å². The monoisotopic (exact) mass is 583 g/mol. The zero-order chi connectivity index (χ0) is 29.0. The Hall–Kier alpha value is -3.29. The summed E-state index contributed by atoms with van der Waals surface area (Å²) in [5.74, 6) is 0.189. The van der Waals surface area contributed by atoms with E-state index in [0.717, 1.165) is 34.7 Å². The van der Waals surface area contributed by atoms with Crippen molar-refractivity contribution in [2.24, 2.45) is 7.05 Å². The van der Waals surface area contributed by atoms with Gasteiger partial charge in [-0.05, 0) is 36.1 Å². The van der Waals surface area contributed by atoms with Crippen LogP contribution in [-0.2, 0) is 32.7 Å². The molecular weight excluding hydrogens is 546 g/mol. The van der Waals surface area contributed by atoms with E-state index in [2.05, 4.69) is 15.5 Å². The summed E-state index contributed by atoms with van der Waals surface area (Å²) in [6.45, 7) is -0.0175. The lowest BCUT2D eigenvalue weighted by atomic mass is 10.0. The highest BCUT2D eigenvalue weighted by Crippen LogP contribution is 2.39. The Morgan fingerprint density at radius 3 is 2.46 bits per heavy atom. The normalized spacial score (nSPS) is 18.7. The van der Waals surface area contributed by atoms with Gasteiger partial charge in [-0.15, -0.1) is 10.2 Å². The molecule has 4 N–H and O–H groups in total. The second-order valence-electron chi connectivity index (χ2n) is 10.0. The molecule has 0 spiro atoms. The first-order valence-corrected chi connectivity index (χ1v) is 14.7. The summed E-state index contributed by atoms with van der Waals surface area (Å²) in [5, 5.41) is 29.8. The SMILES string of the molecule is Cn1cnnc1SC[C@@H]1C[C@H](c2ccc(CO)cc2)O[C@H](c2cccc(NC(=O)CCCCCCC(=O)NO)c2)O1. The van der Waals surface area contributed by atoms with E-state index < -0.39 is 12.2 Å². The number of aliphatic hydroxyl groups excluding tert-OH is 1. The lowest BCUT2D eigenvalue weighted by molar-refractivity contribution is -0.245. The van der Waals surface area contributed by atoms with Crippen molar-refractivity contribution in [2.45, 2.75) is 75.2 Å². The molecule has 12 heteroatoms. The first-order chi connectivity index (χ1) is 19.9. The third-order valence-electron chi connectivity index (χ3n) is 6.81. The first kappa shape index (κ1) is 30.7. The highest BCUT2D eigenvalue weighted by Gasteiger charge is 2.32. The van der Waals surface area contributed by atoms with E-state index in [9.17, 15) is 14.7 Å². The van der Waals surface area contributed by atoms with Crippen LogP contribution in [0.25, 0.3) is 0 Å². The maximum atomic E-state index is 12.5. The molecule has 0 aliphatic carbocycles. The Kier molecular flexibility index (Phi) is 11.7. The van der Waals surface area contributed by atoms with Gasteiger partial charge in [-0.2, -0.15) is 0 Å². The Morgan fingerprint density at radius 2 is 1.78 bits per heavy atom. The average Bonchev–Trinajstić information content (AvgIpc) is 3.42. The van der Waals surface area contributed by atoms with Gasteiger partial charge in [0.25, 0.3) is 0 Å². The molecule has 1 aliphatic rings. The molecule has 3 aromatic rings. The lowest BCUT2D eigenvalue weighted by Crippen LogP contribution is -2.31. The van der Waals surface area contributed by atoms with E-state index in [1.165, 1.54) is 0 Å². The molecule has 1 aliphatic heterocycles. The maximum absolute atomic E-state index is 12.5. The quantitative estimate of drug-likeness (QED) is 0.0936. The molecule has 0 bridgehead atoms. The number of carbonyl (C=O) groups is 2. The molecule has 2 heterocycles. The third-order valence-corrected chi connectivity index (χ3v) is 7.97. The zero-order valence-electron chi connectivity index (χ0n) is 23.1. The number of thioether (sulfide) groups is 1. The number of rotatable bonds is 14. The van der Waals surface area contributed by atoms with E-state index in [4.69, 9.17) is 14.7 Å². The topological polar surface area (TPSA) is 148 Å². The molecule has 1 saturated heterocycles. The Labute approximate surface area is 243 Å². The summed E-state index contributed by atoms with van der Waals surface area (Å²) in [6.07, 6.45) is 5.01. The highest BCUT2D eigenvalue weighted by atomic mass is 32.2. The molecule has 220 valence electrons. The van der Waals surface area contributed by atoms with Crippen LogP contribution in [0.3, 0.4) is 0 Å². The number of hydrogen-bond donors (Lipinski definition) is 4. The summed E-state index contributed by atoms with van der Waals surface area (Å²) < 4.78 is 14.7. The number of carbonyl (C=O) groups excluding carboxylic acids is 2. The maximum Gasteiger partial charge on any atom is 0.243 e. The van der Waals surface area contributed by atoms with Crippen molar-refractivity contribution in [1.29, 1.82) is 0 Å². The minimum Gasteiger partial charge on any atom is -0.392 e. The number of hydrogen-bond acceptors (Lipinski definition) is 9. The summed E-state index contributed by atoms with van der Waals surface area (Å²) in [4.78, 5) is 23.6. The molecule has 2 aromatic carbocycles. The van der Waals surface area contributed by atoms with Gasteiger partial charge in [-0.3, -0.25) is 14.8 Å². The smallest absolute Gasteiger partial charge is 0.243 e. The standard InChI is InChI=1S/C29H37N5O6S/c1-34-19-30-32-29(34)41-18-24-16-25(21-13-11-20(17-35)12-14-21)40-28(39-24)22-7-6-8-23(15-22)31-26(36)9-4-2-3-5-10-27(37)33-38/h6-8,11-15,19,24-25,28,35,38H,2-5,9-10,16-18H2,1H3,(H,31,36)(H,33,37)/t24-,25+,28+/m0/s1. The van der Waals surface area contributed by atoms with E-state index in [0.29, 0.717) is 37.1 Å². The number of anilines is 1. The fourth-order valence-electron chi connectivity index (χ4n) is 4.56. The number of nitrogens with zero attached hydrogens (tertiary/aromatic N) is 3. The first-order valence-electron chi connectivity index (χ1n) is 13.8. The summed E-state index contributed by atoms with van der Waals surface area (Å²) in [6, 6.07) is 15.3. The fourth-order valence-corrected chi connectivity index (χ4v) is 5.47. The van der Waals surface area contributed by atoms with Crippen molar-refractivity contribution in [3.05, 3.63) is 71.5 Å². The Bertz CT molecular complexity index is 1270. The molecule has 3 atom stereocenters. The van der Waals surface area contributed by atoms with Crippen LogP contribution in [0.5, 0.6) is 0 Å². The molecule has 0 radical (unpaired) electrons. The number of nitrogens with one attached hydrogen (secondary N) is 2. The Morgan fingerprint density at radius 1 is 1.02 bits per heavy atom. The van der Waals surface area contributed by atoms with Crippen LogP contribution in [0.2, 0.25) is 0 Å². The minimum absolute atomic E-state index is 0.0175. The van der Waals surface area contributed by atoms with Crippen LogP contribution in [0.15, 0.2) is 60.0 Å². The summed E-state index contributed by atoms with van der Waals surface area (Å²) in [5.41, 5.74) is 4.93. The average molecular weight is 584 g/mol. The van der Waals surface area contributed by atoms with Gasteiger partial charge >= 0.3 is 0 Å². The van der Waals surface area contributed by atoms with Crippen LogP contribution in [0.1, 0.15) is 74.0 Å². The van der Waals surface area contributed by atoms with Crippen LogP contribution in [0, 0.1) is 0 Å². The Balaban J connectivity index is 1.37. The number of benzene rings is 2. The fraction of sp³-hybridized carbons (Fsp3) is 0.448. The number of aryl methyl sites for hydroxylation is 1. The molecule has 4 rings (SSSR count). The van der Waals surface area contributed by atoms with Crippen LogP contribution in [-0.4, -0.2) is 48.7 Å². The molecule has 1 fully saturated rings. The van der Waals surface area contributed by atoms with Gasteiger partial charge in [0.05, 0.1) is 18.8 Å². The number of hydroxylamine groups is 1. The van der Waals surface area contributed by atoms with Gasteiger partial charge in [0, 0.05) is 43.3 Å². The third kappa shape index (κ3) is 9.37. The van der Waals surface area contributed by atoms with E-state index in [1.807, 2.05) is 60.1 Å². The summed E-state index contributed by atoms with van der Waals surface area (Å²) in [7, 11) is 1.90.